The maximum atomic E-state index is 12.6. The molecule has 0 unspecified atom stereocenters. The summed E-state index contributed by atoms with van der Waals surface area (Å²) < 4.78 is 0.922. The van der Waals surface area contributed by atoms with Crippen LogP contribution in [-0.2, 0) is 11.3 Å². The van der Waals surface area contributed by atoms with E-state index in [1.165, 1.54) is 5.56 Å². The van der Waals surface area contributed by atoms with Crippen molar-refractivity contribution in [2.24, 2.45) is 0 Å². The number of piperazine rings is 1. The van der Waals surface area contributed by atoms with E-state index in [9.17, 15) is 4.79 Å². The highest BCUT2D eigenvalue weighted by atomic mass is 79.9. The third-order valence-corrected chi connectivity index (χ3v) is 5.62. The van der Waals surface area contributed by atoms with Gasteiger partial charge in [-0.15, -0.1) is 0 Å². The van der Waals surface area contributed by atoms with E-state index in [1.807, 2.05) is 38.1 Å². The number of hydrogen-bond donors (Lipinski definition) is 1. The maximum absolute atomic E-state index is 12.6. The van der Waals surface area contributed by atoms with E-state index in [-0.39, 0.29) is 11.9 Å². The fourth-order valence-corrected chi connectivity index (χ4v) is 3.87. The Morgan fingerprint density at radius 3 is 2.46 bits per heavy atom. The van der Waals surface area contributed by atoms with Crippen molar-refractivity contribution in [3.05, 3.63) is 64.1 Å². The van der Waals surface area contributed by atoms with Crippen LogP contribution in [0.25, 0.3) is 0 Å². The van der Waals surface area contributed by atoms with Gasteiger partial charge in [0.2, 0.25) is 5.91 Å². The Bertz CT molecular complexity index is 742. The predicted octanol–water partition coefficient (Wildman–Crippen LogP) is 3.90. The predicted molar refractivity (Wildman–Crippen MR) is 110 cm³/mol. The molecule has 0 bridgehead atoms. The lowest BCUT2D eigenvalue weighted by Gasteiger charge is -2.37. The molecular formula is C21H26BrN3O. The molecule has 0 radical (unpaired) electrons. The quantitative estimate of drug-likeness (QED) is 0.803. The van der Waals surface area contributed by atoms with Gasteiger partial charge in [0.15, 0.2) is 0 Å². The molecule has 4 nitrogen and oxygen atoms in total. The maximum Gasteiger partial charge on any atom is 0.241 e. The van der Waals surface area contributed by atoms with Crippen LogP contribution in [0.1, 0.15) is 18.1 Å². The normalized spacial score (nSPS) is 17.0. The number of aryl methyl sites for hydroxylation is 1. The molecule has 1 saturated heterocycles. The van der Waals surface area contributed by atoms with Crippen molar-refractivity contribution in [2.45, 2.75) is 26.4 Å². The van der Waals surface area contributed by atoms with E-state index in [0.717, 1.165) is 48.4 Å². The van der Waals surface area contributed by atoms with Crippen LogP contribution in [-0.4, -0.2) is 47.9 Å². The van der Waals surface area contributed by atoms with Gasteiger partial charge in [0.05, 0.1) is 11.7 Å². The molecule has 138 valence electrons. The van der Waals surface area contributed by atoms with E-state index in [4.69, 9.17) is 0 Å². The molecule has 0 aliphatic carbocycles. The van der Waals surface area contributed by atoms with Crippen molar-refractivity contribution in [1.29, 1.82) is 0 Å². The second-order valence-electron chi connectivity index (χ2n) is 6.95. The second-order valence-corrected chi connectivity index (χ2v) is 7.80. The third-order valence-electron chi connectivity index (χ3n) is 4.97. The molecule has 5 heteroatoms. The molecule has 26 heavy (non-hydrogen) atoms. The van der Waals surface area contributed by atoms with Crippen molar-refractivity contribution in [3.63, 3.8) is 0 Å². The van der Waals surface area contributed by atoms with Crippen molar-refractivity contribution >= 4 is 27.5 Å². The summed E-state index contributed by atoms with van der Waals surface area (Å²) >= 11 is 3.53. The smallest absolute Gasteiger partial charge is 0.241 e. The van der Waals surface area contributed by atoms with E-state index in [0.29, 0.717) is 0 Å². The molecule has 1 aliphatic heterocycles. The van der Waals surface area contributed by atoms with Crippen LogP contribution in [0.3, 0.4) is 0 Å². The van der Waals surface area contributed by atoms with Gasteiger partial charge in [-0.1, -0.05) is 36.4 Å². The van der Waals surface area contributed by atoms with Gasteiger partial charge in [-0.3, -0.25) is 14.6 Å². The number of nitrogens with zero attached hydrogens (tertiary/aromatic N) is 2. The molecule has 1 N–H and O–H groups in total. The standard InChI is InChI=1S/C21H26BrN3O/c1-16-8-9-20(19(22)14-16)23-21(26)17(2)25-12-10-24(11-13-25)15-18-6-4-3-5-7-18/h3-9,14,17H,10-13,15H2,1-2H3,(H,23,26)/t17-/m1/s1. The molecule has 2 aromatic rings. The monoisotopic (exact) mass is 415 g/mol. The van der Waals surface area contributed by atoms with E-state index in [2.05, 4.69) is 55.3 Å². The number of amides is 1. The van der Waals surface area contributed by atoms with Gasteiger partial charge in [-0.25, -0.2) is 0 Å². The van der Waals surface area contributed by atoms with Crippen molar-refractivity contribution in [3.8, 4) is 0 Å². The molecular weight excluding hydrogens is 390 g/mol. The van der Waals surface area contributed by atoms with Gasteiger partial charge >= 0.3 is 0 Å². The van der Waals surface area contributed by atoms with Gasteiger partial charge in [-0.2, -0.15) is 0 Å². The Labute approximate surface area is 164 Å². The van der Waals surface area contributed by atoms with Crippen molar-refractivity contribution in [2.75, 3.05) is 31.5 Å². The first-order valence-electron chi connectivity index (χ1n) is 9.10. The number of nitrogens with one attached hydrogen (secondary N) is 1. The Hall–Kier alpha value is -1.69. The van der Waals surface area contributed by atoms with Crippen LogP contribution in [0, 0.1) is 6.92 Å². The number of halogens is 1. The first-order chi connectivity index (χ1) is 12.5. The van der Waals surface area contributed by atoms with Crippen molar-refractivity contribution < 1.29 is 4.79 Å². The SMILES string of the molecule is Cc1ccc(NC(=O)[C@@H](C)N2CCN(Cc3ccccc3)CC2)c(Br)c1. The van der Waals surface area contributed by atoms with E-state index in [1.54, 1.807) is 0 Å². The highest BCUT2D eigenvalue weighted by molar-refractivity contribution is 9.10. The summed E-state index contributed by atoms with van der Waals surface area (Å²) in [5.41, 5.74) is 3.34. The lowest BCUT2D eigenvalue weighted by Crippen LogP contribution is -2.52. The zero-order chi connectivity index (χ0) is 18.5. The lowest BCUT2D eigenvalue weighted by atomic mass is 10.1. The average Bonchev–Trinajstić information content (AvgIpc) is 2.65. The van der Waals surface area contributed by atoms with Crippen molar-refractivity contribution in [1.82, 2.24) is 9.80 Å². The fourth-order valence-electron chi connectivity index (χ4n) is 3.27. The summed E-state index contributed by atoms with van der Waals surface area (Å²) in [4.78, 5) is 17.3. The van der Waals surface area contributed by atoms with Gasteiger partial charge < -0.3 is 5.32 Å². The molecule has 1 aliphatic rings. The minimum absolute atomic E-state index is 0.0473. The number of rotatable bonds is 5. The largest absolute Gasteiger partial charge is 0.324 e. The fraction of sp³-hybridized carbons (Fsp3) is 0.381. The molecule has 0 spiro atoms. The molecule has 0 saturated carbocycles. The van der Waals surface area contributed by atoms with Gasteiger partial charge in [0.25, 0.3) is 0 Å². The molecule has 1 fully saturated rings. The Kier molecular flexibility index (Phi) is 6.46. The Morgan fingerprint density at radius 1 is 1.12 bits per heavy atom. The first-order valence-corrected chi connectivity index (χ1v) is 9.89. The summed E-state index contributed by atoms with van der Waals surface area (Å²) in [6, 6.07) is 16.4. The first kappa shape index (κ1) is 19.1. The zero-order valence-electron chi connectivity index (χ0n) is 15.4. The molecule has 2 aromatic carbocycles. The third kappa shape index (κ3) is 4.93. The Morgan fingerprint density at radius 2 is 1.81 bits per heavy atom. The van der Waals surface area contributed by atoms with Crippen LogP contribution in [0.4, 0.5) is 5.69 Å². The topological polar surface area (TPSA) is 35.6 Å². The van der Waals surface area contributed by atoms with Crippen LogP contribution in [0.5, 0.6) is 0 Å². The van der Waals surface area contributed by atoms with Gasteiger partial charge in [0, 0.05) is 37.2 Å². The highest BCUT2D eigenvalue weighted by Crippen LogP contribution is 2.24. The number of anilines is 1. The summed E-state index contributed by atoms with van der Waals surface area (Å²) in [6.07, 6.45) is 0. The van der Waals surface area contributed by atoms with Crippen LogP contribution in [0.15, 0.2) is 53.0 Å². The molecule has 3 rings (SSSR count). The number of benzene rings is 2. The average molecular weight is 416 g/mol. The number of carbonyl (C=O) groups is 1. The molecule has 1 amide bonds. The van der Waals surface area contributed by atoms with Crippen LogP contribution < -0.4 is 5.32 Å². The number of hydrogen-bond acceptors (Lipinski definition) is 3. The zero-order valence-corrected chi connectivity index (χ0v) is 17.0. The Balaban J connectivity index is 1.51. The minimum Gasteiger partial charge on any atom is -0.324 e. The second kappa shape index (κ2) is 8.80. The van der Waals surface area contributed by atoms with Gasteiger partial charge in [-0.05, 0) is 53.0 Å². The molecule has 0 aromatic heterocycles. The van der Waals surface area contributed by atoms with E-state index >= 15 is 0 Å². The van der Waals surface area contributed by atoms with Crippen LogP contribution >= 0.6 is 15.9 Å². The summed E-state index contributed by atoms with van der Waals surface area (Å²) in [5.74, 6) is 0.0473. The lowest BCUT2D eigenvalue weighted by molar-refractivity contribution is -0.121. The van der Waals surface area contributed by atoms with Crippen LogP contribution in [0.2, 0.25) is 0 Å². The summed E-state index contributed by atoms with van der Waals surface area (Å²) in [6.45, 7) is 8.80. The van der Waals surface area contributed by atoms with E-state index < -0.39 is 0 Å². The highest BCUT2D eigenvalue weighted by Gasteiger charge is 2.25. The van der Waals surface area contributed by atoms with Gasteiger partial charge in [0.1, 0.15) is 0 Å². The molecule has 1 atom stereocenters. The molecule has 1 heterocycles. The summed E-state index contributed by atoms with van der Waals surface area (Å²) in [7, 11) is 0. The minimum atomic E-state index is -0.137. The number of carbonyl (C=O) groups excluding carboxylic acids is 1. The summed E-state index contributed by atoms with van der Waals surface area (Å²) in [5, 5.41) is 3.04.